The molecule has 0 spiro atoms. The smallest absolute Gasteiger partial charge is 0.137 e. The Kier molecular flexibility index (Phi) is 2.69. The summed E-state index contributed by atoms with van der Waals surface area (Å²) in [6.45, 7) is 0.977. The lowest BCUT2D eigenvalue weighted by molar-refractivity contribution is 0.758. The molecule has 1 aliphatic heterocycles. The Labute approximate surface area is 105 Å². The summed E-state index contributed by atoms with van der Waals surface area (Å²) in [5, 5.41) is 0.484. The van der Waals surface area contributed by atoms with Crippen LogP contribution in [0.15, 0.2) is 36.7 Å². The number of hydrogen-bond donors (Lipinski definition) is 0. The molecule has 0 saturated heterocycles. The molecular formula is C13H12ClN3. The van der Waals surface area contributed by atoms with Gasteiger partial charge in [-0.2, -0.15) is 0 Å². The normalized spacial score (nSPS) is 14.5. The SMILES string of the molecule is Clc1cc(N2CCCc3ccccc32)ncn1. The van der Waals surface area contributed by atoms with E-state index in [1.54, 1.807) is 0 Å². The van der Waals surface area contributed by atoms with Gasteiger partial charge in [0, 0.05) is 18.3 Å². The Hall–Kier alpha value is -1.61. The minimum absolute atomic E-state index is 0.484. The van der Waals surface area contributed by atoms with E-state index < -0.39 is 0 Å². The molecule has 0 N–H and O–H groups in total. The second kappa shape index (κ2) is 4.34. The molecule has 2 aromatic rings. The molecule has 0 fully saturated rings. The fourth-order valence-electron chi connectivity index (χ4n) is 2.24. The summed E-state index contributed by atoms with van der Waals surface area (Å²) in [7, 11) is 0. The zero-order chi connectivity index (χ0) is 11.7. The number of aromatic nitrogens is 2. The fourth-order valence-corrected chi connectivity index (χ4v) is 2.38. The van der Waals surface area contributed by atoms with Crippen LogP contribution in [0.3, 0.4) is 0 Å². The van der Waals surface area contributed by atoms with E-state index in [0.717, 1.165) is 25.2 Å². The minimum atomic E-state index is 0.484. The number of fused-ring (bicyclic) bond motifs is 1. The zero-order valence-electron chi connectivity index (χ0n) is 9.31. The molecule has 0 bridgehead atoms. The summed E-state index contributed by atoms with van der Waals surface area (Å²) < 4.78 is 0. The molecule has 3 nitrogen and oxygen atoms in total. The van der Waals surface area contributed by atoms with Crippen molar-refractivity contribution in [3.8, 4) is 0 Å². The first-order valence-corrected chi connectivity index (χ1v) is 6.05. The molecule has 0 saturated carbocycles. The van der Waals surface area contributed by atoms with E-state index in [4.69, 9.17) is 11.6 Å². The Bertz CT molecular complexity index is 542. The van der Waals surface area contributed by atoms with Crippen LogP contribution in [0.5, 0.6) is 0 Å². The van der Waals surface area contributed by atoms with Gasteiger partial charge in [-0.3, -0.25) is 0 Å². The molecule has 3 rings (SSSR count). The highest BCUT2D eigenvalue weighted by Gasteiger charge is 2.18. The van der Waals surface area contributed by atoms with Gasteiger partial charge in [0.25, 0.3) is 0 Å². The first-order chi connectivity index (χ1) is 8.34. The highest BCUT2D eigenvalue weighted by molar-refractivity contribution is 6.29. The van der Waals surface area contributed by atoms with Gasteiger partial charge in [0.2, 0.25) is 0 Å². The zero-order valence-corrected chi connectivity index (χ0v) is 10.1. The van der Waals surface area contributed by atoms with Crippen molar-refractivity contribution in [2.24, 2.45) is 0 Å². The van der Waals surface area contributed by atoms with Crippen LogP contribution in [0.4, 0.5) is 11.5 Å². The van der Waals surface area contributed by atoms with Gasteiger partial charge in [-0.05, 0) is 24.5 Å². The molecule has 1 aromatic carbocycles. The Balaban J connectivity index is 2.06. The van der Waals surface area contributed by atoms with Crippen LogP contribution in [-0.2, 0) is 6.42 Å². The van der Waals surface area contributed by atoms with Gasteiger partial charge in [0.05, 0.1) is 0 Å². The summed E-state index contributed by atoms with van der Waals surface area (Å²) in [6.07, 6.45) is 3.78. The molecule has 0 aliphatic carbocycles. The number of para-hydroxylation sites is 1. The molecule has 4 heteroatoms. The molecule has 0 radical (unpaired) electrons. The molecule has 0 unspecified atom stereocenters. The molecule has 17 heavy (non-hydrogen) atoms. The molecular weight excluding hydrogens is 234 g/mol. The van der Waals surface area contributed by atoms with Gasteiger partial charge in [0.1, 0.15) is 17.3 Å². The van der Waals surface area contributed by atoms with E-state index in [2.05, 4.69) is 39.1 Å². The lowest BCUT2D eigenvalue weighted by Crippen LogP contribution is -2.25. The summed E-state index contributed by atoms with van der Waals surface area (Å²) in [4.78, 5) is 10.4. The third kappa shape index (κ3) is 1.98. The molecule has 1 aromatic heterocycles. The average Bonchev–Trinajstić information content (AvgIpc) is 2.38. The Morgan fingerprint density at radius 1 is 1.18 bits per heavy atom. The Morgan fingerprint density at radius 2 is 2.06 bits per heavy atom. The van der Waals surface area contributed by atoms with Crippen LogP contribution >= 0.6 is 11.6 Å². The van der Waals surface area contributed by atoms with Crippen molar-refractivity contribution >= 4 is 23.1 Å². The number of aryl methyl sites for hydroxylation is 1. The van der Waals surface area contributed by atoms with Crippen molar-refractivity contribution in [1.29, 1.82) is 0 Å². The van der Waals surface area contributed by atoms with Crippen LogP contribution in [-0.4, -0.2) is 16.5 Å². The monoisotopic (exact) mass is 245 g/mol. The van der Waals surface area contributed by atoms with Crippen LogP contribution < -0.4 is 4.90 Å². The second-order valence-corrected chi connectivity index (χ2v) is 4.47. The first kappa shape index (κ1) is 10.5. The van der Waals surface area contributed by atoms with E-state index in [-0.39, 0.29) is 0 Å². The van der Waals surface area contributed by atoms with Gasteiger partial charge in [-0.15, -0.1) is 0 Å². The lowest BCUT2D eigenvalue weighted by atomic mass is 10.0. The largest absolute Gasteiger partial charge is 0.326 e. The standard InChI is InChI=1S/C13H12ClN3/c14-12-8-13(16-9-15-12)17-7-3-5-10-4-1-2-6-11(10)17/h1-2,4,6,8-9H,3,5,7H2. The maximum Gasteiger partial charge on any atom is 0.137 e. The van der Waals surface area contributed by atoms with Crippen LogP contribution in [0.25, 0.3) is 0 Å². The number of nitrogens with zero attached hydrogens (tertiary/aromatic N) is 3. The highest BCUT2D eigenvalue weighted by Crippen LogP contribution is 2.32. The summed E-state index contributed by atoms with van der Waals surface area (Å²) >= 11 is 5.91. The number of benzene rings is 1. The predicted octanol–water partition coefficient (Wildman–Crippen LogP) is 3.21. The van der Waals surface area contributed by atoms with E-state index in [1.807, 2.05) is 6.07 Å². The molecule has 86 valence electrons. The molecule has 2 heterocycles. The number of rotatable bonds is 1. The van der Waals surface area contributed by atoms with Gasteiger partial charge in [0.15, 0.2) is 0 Å². The van der Waals surface area contributed by atoms with E-state index in [0.29, 0.717) is 5.15 Å². The van der Waals surface area contributed by atoms with Crippen molar-refractivity contribution in [3.05, 3.63) is 47.4 Å². The number of anilines is 2. The van der Waals surface area contributed by atoms with Gasteiger partial charge >= 0.3 is 0 Å². The first-order valence-electron chi connectivity index (χ1n) is 5.67. The lowest BCUT2D eigenvalue weighted by Gasteiger charge is -2.30. The Morgan fingerprint density at radius 3 is 2.94 bits per heavy atom. The van der Waals surface area contributed by atoms with Gasteiger partial charge in [-0.25, -0.2) is 9.97 Å². The van der Waals surface area contributed by atoms with E-state index in [9.17, 15) is 0 Å². The maximum absolute atomic E-state index is 5.91. The van der Waals surface area contributed by atoms with Gasteiger partial charge < -0.3 is 4.90 Å². The maximum atomic E-state index is 5.91. The van der Waals surface area contributed by atoms with E-state index in [1.165, 1.54) is 17.6 Å². The van der Waals surface area contributed by atoms with Crippen LogP contribution in [0.1, 0.15) is 12.0 Å². The third-order valence-corrected chi connectivity index (χ3v) is 3.21. The highest BCUT2D eigenvalue weighted by atomic mass is 35.5. The quantitative estimate of drug-likeness (QED) is 0.723. The fraction of sp³-hybridized carbons (Fsp3) is 0.231. The molecule has 0 atom stereocenters. The second-order valence-electron chi connectivity index (χ2n) is 4.08. The third-order valence-electron chi connectivity index (χ3n) is 3.01. The topological polar surface area (TPSA) is 29.0 Å². The van der Waals surface area contributed by atoms with Crippen LogP contribution in [0, 0.1) is 0 Å². The average molecular weight is 246 g/mol. The van der Waals surface area contributed by atoms with Crippen molar-refractivity contribution < 1.29 is 0 Å². The van der Waals surface area contributed by atoms with Crippen molar-refractivity contribution in [3.63, 3.8) is 0 Å². The summed E-state index contributed by atoms with van der Waals surface area (Å²) in [5.74, 6) is 0.872. The molecule has 1 aliphatic rings. The van der Waals surface area contributed by atoms with Crippen molar-refractivity contribution in [2.45, 2.75) is 12.8 Å². The van der Waals surface area contributed by atoms with Gasteiger partial charge in [-0.1, -0.05) is 29.8 Å². The minimum Gasteiger partial charge on any atom is -0.326 e. The summed E-state index contributed by atoms with van der Waals surface area (Å²) in [5.41, 5.74) is 2.60. The summed E-state index contributed by atoms with van der Waals surface area (Å²) in [6, 6.07) is 10.2. The van der Waals surface area contributed by atoms with E-state index >= 15 is 0 Å². The number of halogens is 1. The number of hydrogen-bond acceptors (Lipinski definition) is 3. The van der Waals surface area contributed by atoms with Crippen LogP contribution in [0.2, 0.25) is 5.15 Å². The molecule has 0 amide bonds. The van der Waals surface area contributed by atoms with Crippen molar-refractivity contribution in [2.75, 3.05) is 11.4 Å². The van der Waals surface area contributed by atoms with Crippen molar-refractivity contribution in [1.82, 2.24) is 9.97 Å². The predicted molar refractivity (Wildman–Crippen MR) is 68.8 cm³/mol.